The van der Waals surface area contributed by atoms with E-state index in [4.69, 9.17) is 4.74 Å². The summed E-state index contributed by atoms with van der Waals surface area (Å²) in [5.74, 6) is -0.633. The minimum Gasteiger partial charge on any atom is -0.469 e. The van der Waals surface area contributed by atoms with Crippen LogP contribution < -0.4 is 0 Å². The van der Waals surface area contributed by atoms with Crippen LogP contribution >= 0.6 is 0 Å². The molecule has 1 aromatic carbocycles. The molecule has 2 fully saturated rings. The number of nitrogens with zero attached hydrogens (tertiary/aromatic N) is 1. The van der Waals surface area contributed by atoms with Crippen LogP contribution in [0, 0.1) is 11.8 Å². The van der Waals surface area contributed by atoms with Gasteiger partial charge in [0.1, 0.15) is 5.78 Å². The Labute approximate surface area is 125 Å². The van der Waals surface area contributed by atoms with Crippen LogP contribution in [0.15, 0.2) is 30.3 Å². The van der Waals surface area contributed by atoms with Gasteiger partial charge in [0.2, 0.25) is 0 Å². The van der Waals surface area contributed by atoms with Gasteiger partial charge in [-0.1, -0.05) is 30.3 Å². The second kappa shape index (κ2) is 5.60. The summed E-state index contributed by atoms with van der Waals surface area (Å²) in [6, 6.07) is 10.5. The molecule has 4 atom stereocenters. The van der Waals surface area contributed by atoms with E-state index in [2.05, 4.69) is 17.0 Å². The normalized spacial score (nSPS) is 31.3. The van der Waals surface area contributed by atoms with Gasteiger partial charge in [-0.25, -0.2) is 0 Å². The smallest absolute Gasteiger partial charge is 0.311 e. The molecule has 4 heteroatoms. The van der Waals surface area contributed by atoms with Crippen molar-refractivity contribution in [2.24, 2.45) is 11.8 Å². The third-order valence-electron chi connectivity index (χ3n) is 4.98. The molecule has 0 amide bonds. The van der Waals surface area contributed by atoms with Crippen LogP contribution in [0.2, 0.25) is 0 Å². The number of ketones is 1. The van der Waals surface area contributed by atoms with E-state index in [-0.39, 0.29) is 35.7 Å². The monoisotopic (exact) mass is 287 g/mol. The molecule has 0 saturated carbocycles. The summed E-state index contributed by atoms with van der Waals surface area (Å²) in [5.41, 5.74) is 1.22. The number of benzene rings is 1. The van der Waals surface area contributed by atoms with Crippen molar-refractivity contribution in [3.8, 4) is 0 Å². The fourth-order valence-electron chi connectivity index (χ4n) is 4.16. The zero-order valence-electron chi connectivity index (χ0n) is 12.5. The maximum atomic E-state index is 12.1. The predicted molar refractivity (Wildman–Crippen MR) is 78.5 cm³/mol. The van der Waals surface area contributed by atoms with Crippen LogP contribution in [0.25, 0.3) is 0 Å². The highest BCUT2D eigenvalue weighted by Crippen LogP contribution is 2.47. The Balaban J connectivity index is 1.86. The minimum atomic E-state index is -0.296. The first kappa shape index (κ1) is 14.3. The van der Waals surface area contributed by atoms with Gasteiger partial charge in [0.05, 0.1) is 13.0 Å². The molecule has 2 heterocycles. The number of methoxy groups -OCH3 is 1. The van der Waals surface area contributed by atoms with Gasteiger partial charge in [-0.3, -0.25) is 14.5 Å². The van der Waals surface area contributed by atoms with Gasteiger partial charge in [0.15, 0.2) is 0 Å². The summed E-state index contributed by atoms with van der Waals surface area (Å²) in [7, 11) is 1.41. The van der Waals surface area contributed by atoms with E-state index in [1.54, 1.807) is 6.92 Å². The fraction of sp³-hybridized carbons (Fsp3) is 0.529. The number of hydrogen-bond donors (Lipinski definition) is 0. The molecular weight excluding hydrogens is 266 g/mol. The number of Topliss-reactive ketones (excluding diaryl/α,β-unsaturated/α-hetero) is 1. The second-order valence-corrected chi connectivity index (χ2v) is 6.06. The molecule has 2 saturated heterocycles. The molecule has 2 aliphatic heterocycles. The van der Waals surface area contributed by atoms with Crippen LogP contribution in [-0.4, -0.2) is 35.8 Å². The van der Waals surface area contributed by atoms with Gasteiger partial charge in [-0.15, -0.1) is 0 Å². The Morgan fingerprint density at radius 2 is 1.76 bits per heavy atom. The van der Waals surface area contributed by atoms with Crippen molar-refractivity contribution in [1.82, 2.24) is 4.90 Å². The van der Waals surface area contributed by atoms with Crippen molar-refractivity contribution in [2.75, 3.05) is 7.11 Å². The lowest BCUT2D eigenvalue weighted by atomic mass is 9.77. The molecule has 0 radical (unpaired) electrons. The molecule has 4 nitrogen and oxygen atoms in total. The topological polar surface area (TPSA) is 46.6 Å². The SMILES string of the molecule is COC(=O)[C@@H]1[C@@H](C(C)=O)[C@@H]2CC[C@H]1N2Cc1ccccc1. The summed E-state index contributed by atoms with van der Waals surface area (Å²) in [5, 5.41) is 0. The van der Waals surface area contributed by atoms with E-state index < -0.39 is 0 Å². The van der Waals surface area contributed by atoms with Crippen LogP contribution in [-0.2, 0) is 20.9 Å². The largest absolute Gasteiger partial charge is 0.469 e. The number of ether oxygens (including phenoxy) is 1. The van der Waals surface area contributed by atoms with Crippen LogP contribution in [0.3, 0.4) is 0 Å². The Hall–Kier alpha value is -1.68. The fourth-order valence-corrected chi connectivity index (χ4v) is 4.16. The van der Waals surface area contributed by atoms with Crippen LogP contribution in [0.4, 0.5) is 0 Å². The van der Waals surface area contributed by atoms with Crippen molar-refractivity contribution in [2.45, 2.75) is 38.4 Å². The van der Waals surface area contributed by atoms with Gasteiger partial charge in [0, 0.05) is 24.5 Å². The Morgan fingerprint density at radius 1 is 1.14 bits per heavy atom. The molecule has 0 aliphatic carbocycles. The number of carbonyl (C=O) groups is 2. The Bertz CT molecular complexity index is 542. The number of rotatable bonds is 4. The molecule has 2 bridgehead atoms. The maximum absolute atomic E-state index is 12.1. The van der Waals surface area contributed by atoms with Crippen molar-refractivity contribution in [1.29, 1.82) is 0 Å². The first-order valence-electron chi connectivity index (χ1n) is 7.51. The molecule has 3 rings (SSSR count). The van der Waals surface area contributed by atoms with Gasteiger partial charge >= 0.3 is 5.97 Å². The van der Waals surface area contributed by atoms with Gasteiger partial charge < -0.3 is 4.74 Å². The van der Waals surface area contributed by atoms with Crippen molar-refractivity contribution in [3.63, 3.8) is 0 Å². The number of hydrogen-bond acceptors (Lipinski definition) is 4. The Morgan fingerprint density at radius 3 is 2.33 bits per heavy atom. The lowest BCUT2D eigenvalue weighted by Gasteiger charge is -2.24. The van der Waals surface area contributed by atoms with Gasteiger partial charge in [0.25, 0.3) is 0 Å². The zero-order valence-corrected chi connectivity index (χ0v) is 12.5. The average molecular weight is 287 g/mol. The predicted octanol–water partition coefficient (Wildman–Crippen LogP) is 2.03. The first-order valence-corrected chi connectivity index (χ1v) is 7.51. The Kier molecular flexibility index (Phi) is 3.81. The molecule has 21 heavy (non-hydrogen) atoms. The van der Waals surface area contributed by atoms with Gasteiger partial charge in [-0.05, 0) is 25.3 Å². The standard InChI is InChI=1S/C17H21NO3/c1-11(19)15-13-8-9-14(16(15)17(20)21-2)18(13)10-12-6-4-3-5-7-12/h3-7,13-16H,8-10H2,1-2H3/t13-,14+,15-,16-/m0/s1. The van der Waals surface area contributed by atoms with Crippen molar-refractivity contribution >= 4 is 11.8 Å². The number of esters is 1. The van der Waals surface area contributed by atoms with E-state index in [1.807, 2.05) is 18.2 Å². The average Bonchev–Trinajstić information content (AvgIpc) is 3.02. The molecule has 112 valence electrons. The van der Waals surface area contributed by atoms with E-state index in [1.165, 1.54) is 12.7 Å². The minimum absolute atomic E-state index is 0.107. The second-order valence-electron chi connectivity index (χ2n) is 6.06. The maximum Gasteiger partial charge on any atom is 0.311 e. The lowest BCUT2D eigenvalue weighted by molar-refractivity contribution is -0.150. The first-order chi connectivity index (χ1) is 10.1. The third-order valence-corrected chi connectivity index (χ3v) is 4.98. The summed E-state index contributed by atoms with van der Waals surface area (Å²) in [4.78, 5) is 26.5. The lowest BCUT2D eigenvalue weighted by Crippen LogP contribution is -2.37. The molecule has 1 aromatic rings. The zero-order chi connectivity index (χ0) is 15.0. The molecule has 0 aromatic heterocycles. The molecule has 0 unspecified atom stereocenters. The highest BCUT2D eigenvalue weighted by molar-refractivity contribution is 5.87. The summed E-state index contributed by atoms with van der Waals surface area (Å²) >= 11 is 0. The van der Waals surface area contributed by atoms with E-state index in [9.17, 15) is 9.59 Å². The van der Waals surface area contributed by atoms with Crippen molar-refractivity contribution < 1.29 is 14.3 Å². The highest BCUT2D eigenvalue weighted by Gasteiger charge is 2.57. The molecule has 0 N–H and O–H groups in total. The van der Waals surface area contributed by atoms with E-state index >= 15 is 0 Å². The van der Waals surface area contributed by atoms with E-state index in [0.717, 1.165) is 19.4 Å². The van der Waals surface area contributed by atoms with Crippen LogP contribution in [0.5, 0.6) is 0 Å². The third kappa shape index (κ3) is 2.38. The summed E-state index contributed by atoms with van der Waals surface area (Å²) in [6.07, 6.45) is 1.97. The van der Waals surface area contributed by atoms with Gasteiger partial charge in [-0.2, -0.15) is 0 Å². The quantitative estimate of drug-likeness (QED) is 0.795. The number of fused-ring (bicyclic) bond motifs is 2. The molecular formula is C17H21NO3. The highest BCUT2D eigenvalue weighted by atomic mass is 16.5. The van der Waals surface area contributed by atoms with Crippen molar-refractivity contribution in [3.05, 3.63) is 35.9 Å². The molecule has 0 spiro atoms. The van der Waals surface area contributed by atoms with E-state index in [0.29, 0.717) is 0 Å². The number of carbonyl (C=O) groups excluding carboxylic acids is 2. The summed E-state index contributed by atoms with van der Waals surface area (Å²) in [6.45, 7) is 2.40. The summed E-state index contributed by atoms with van der Waals surface area (Å²) < 4.78 is 4.95. The van der Waals surface area contributed by atoms with Crippen LogP contribution in [0.1, 0.15) is 25.3 Å². The molecule has 2 aliphatic rings.